The van der Waals surface area contributed by atoms with E-state index in [4.69, 9.17) is 11.6 Å². The van der Waals surface area contributed by atoms with Crippen molar-refractivity contribution in [3.8, 4) is 0 Å². The van der Waals surface area contributed by atoms with Crippen LogP contribution in [0.5, 0.6) is 0 Å². The van der Waals surface area contributed by atoms with Crippen molar-refractivity contribution >= 4 is 17.3 Å². The molecule has 1 aliphatic carbocycles. The molecular weight excluding hydrogens is 230 g/mol. The first-order valence-electron chi connectivity index (χ1n) is 6.57. The molecule has 2 rings (SSSR count). The van der Waals surface area contributed by atoms with E-state index >= 15 is 0 Å². The second kappa shape index (κ2) is 5.30. The second-order valence-corrected chi connectivity index (χ2v) is 6.38. The molecule has 0 amide bonds. The number of anilines is 1. The maximum Gasteiger partial charge on any atom is 0.0407 e. The first kappa shape index (κ1) is 12.8. The maximum atomic E-state index is 5.89. The van der Waals surface area contributed by atoms with Crippen LogP contribution in [-0.2, 0) is 0 Å². The monoisotopic (exact) mass is 251 g/mol. The summed E-state index contributed by atoms with van der Waals surface area (Å²) >= 11 is 5.89. The summed E-state index contributed by atoms with van der Waals surface area (Å²) in [5, 5.41) is 4.43. The Morgan fingerprint density at radius 2 is 1.82 bits per heavy atom. The normalized spacial score (nSPS) is 24.1. The Balaban J connectivity index is 1.93. The minimum atomic E-state index is 0.524. The highest BCUT2D eigenvalue weighted by Crippen LogP contribution is 2.34. The molecule has 1 aromatic carbocycles. The van der Waals surface area contributed by atoms with Gasteiger partial charge in [-0.05, 0) is 55.4 Å². The molecule has 0 bridgehead atoms. The summed E-state index contributed by atoms with van der Waals surface area (Å²) in [5.74, 6) is 0. The van der Waals surface area contributed by atoms with Gasteiger partial charge in [-0.2, -0.15) is 0 Å². The Kier molecular flexibility index (Phi) is 3.98. The summed E-state index contributed by atoms with van der Waals surface area (Å²) in [6.45, 7) is 4.77. The lowest BCUT2D eigenvalue weighted by Crippen LogP contribution is -2.19. The zero-order valence-corrected chi connectivity index (χ0v) is 11.6. The third kappa shape index (κ3) is 3.92. The van der Waals surface area contributed by atoms with Crippen LogP contribution in [0.4, 0.5) is 5.69 Å². The van der Waals surface area contributed by atoms with Gasteiger partial charge in [-0.15, -0.1) is 0 Å². The molecule has 1 saturated carbocycles. The Bertz CT molecular complexity index is 356. The topological polar surface area (TPSA) is 12.0 Å². The van der Waals surface area contributed by atoms with Crippen molar-refractivity contribution in [3.63, 3.8) is 0 Å². The summed E-state index contributed by atoms with van der Waals surface area (Å²) in [6, 6.07) is 8.66. The van der Waals surface area contributed by atoms with E-state index < -0.39 is 0 Å². The summed E-state index contributed by atoms with van der Waals surface area (Å²) < 4.78 is 0. The van der Waals surface area contributed by atoms with Crippen LogP contribution in [0, 0.1) is 5.41 Å². The lowest BCUT2D eigenvalue weighted by molar-refractivity contribution is 0.313. The largest absolute Gasteiger partial charge is 0.382 e. The van der Waals surface area contributed by atoms with Crippen LogP contribution in [-0.4, -0.2) is 6.04 Å². The molecule has 0 aromatic heterocycles. The van der Waals surface area contributed by atoms with Crippen LogP contribution in [0.25, 0.3) is 0 Å². The van der Waals surface area contributed by atoms with E-state index in [2.05, 4.69) is 31.3 Å². The van der Waals surface area contributed by atoms with E-state index in [1.807, 2.05) is 12.1 Å². The Morgan fingerprint density at radius 3 is 2.53 bits per heavy atom. The molecule has 0 aliphatic heterocycles. The zero-order valence-electron chi connectivity index (χ0n) is 10.8. The molecule has 0 heterocycles. The third-order valence-corrected chi connectivity index (χ3v) is 4.04. The van der Waals surface area contributed by atoms with Crippen molar-refractivity contribution in [2.45, 2.75) is 52.0 Å². The molecule has 1 N–H and O–H groups in total. The van der Waals surface area contributed by atoms with Crippen LogP contribution in [0.2, 0.25) is 5.02 Å². The molecule has 1 unspecified atom stereocenters. The molecule has 1 aromatic rings. The molecule has 0 saturated heterocycles. The van der Waals surface area contributed by atoms with Gasteiger partial charge in [0.1, 0.15) is 0 Å². The minimum absolute atomic E-state index is 0.524. The van der Waals surface area contributed by atoms with E-state index in [9.17, 15) is 0 Å². The van der Waals surface area contributed by atoms with Crippen LogP contribution in [0.1, 0.15) is 46.0 Å². The summed E-state index contributed by atoms with van der Waals surface area (Å²) in [7, 11) is 0. The number of hydrogen-bond acceptors (Lipinski definition) is 1. The molecular formula is C15H22ClN. The Labute approximate surface area is 110 Å². The van der Waals surface area contributed by atoms with Gasteiger partial charge in [0.2, 0.25) is 0 Å². The number of benzene rings is 1. The fraction of sp³-hybridized carbons (Fsp3) is 0.600. The quantitative estimate of drug-likeness (QED) is 0.720. The van der Waals surface area contributed by atoms with Gasteiger partial charge in [-0.3, -0.25) is 0 Å². The van der Waals surface area contributed by atoms with Crippen molar-refractivity contribution in [2.24, 2.45) is 5.41 Å². The Morgan fingerprint density at radius 1 is 1.12 bits per heavy atom. The maximum absolute atomic E-state index is 5.89. The fourth-order valence-corrected chi connectivity index (χ4v) is 2.71. The summed E-state index contributed by atoms with van der Waals surface area (Å²) in [4.78, 5) is 0. The lowest BCUT2D eigenvalue weighted by Gasteiger charge is -2.22. The number of rotatable bonds is 2. The van der Waals surface area contributed by atoms with Crippen molar-refractivity contribution < 1.29 is 0 Å². The average molecular weight is 252 g/mol. The van der Waals surface area contributed by atoms with E-state index in [1.54, 1.807) is 0 Å². The molecule has 1 aliphatic rings. The predicted octanol–water partition coefficient (Wildman–Crippen LogP) is 5.11. The van der Waals surface area contributed by atoms with Crippen LogP contribution in [0.15, 0.2) is 24.3 Å². The van der Waals surface area contributed by atoms with Gasteiger partial charge in [0.25, 0.3) is 0 Å². The van der Waals surface area contributed by atoms with E-state index in [0.717, 1.165) is 5.02 Å². The van der Waals surface area contributed by atoms with E-state index in [1.165, 1.54) is 37.8 Å². The number of halogens is 1. The third-order valence-electron chi connectivity index (χ3n) is 3.79. The molecule has 0 spiro atoms. The second-order valence-electron chi connectivity index (χ2n) is 5.94. The van der Waals surface area contributed by atoms with Crippen LogP contribution in [0.3, 0.4) is 0 Å². The van der Waals surface area contributed by atoms with E-state index in [0.29, 0.717) is 11.5 Å². The lowest BCUT2D eigenvalue weighted by atomic mass is 9.85. The van der Waals surface area contributed by atoms with Crippen molar-refractivity contribution in [2.75, 3.05) is 5.32 Å². The van der Waals surface area contributed by atoms with Crippen LogP contribution < -0.4 is 5.32 Å². The van der Waals surface area contributed by atoms with Crippen molar-refractivity contribution in [1.29, 1.82) is 0 Å². The van der Waals surface area contributed by atoms with Gasteiger partial charge < -0.3 is 5.32 Å². The molecule has 0 radical (unpaired) electrons. The average Bonchev–Trinajstić information content (AvgIpc) is 2.44. The summed E-state index contributed by atoms with van der Waals surface area (Å²) in [5.41, 5.74) is 1.72. The van der Waals surface area contributed by atoms with Crippen LogP contribution >= 0.6 is 11.6 Å². The molecule has 1 fully saturated rings. The first-order valence-corrected chi connectivity index (χ1v) is 6.95. The van der Waals surface area contributed by atoms with Crippen molar-refractivity contribution in [3.05, 3.63) is 29.3 Å². The van der Waals surface area contributed by atoms with Gasteiger partial charge in [0, 0.05) is 16.8 Å². The number of hydrogen-bond donors (Lipinski definition) is 1. The van der Waals surface area contributed by atoms with Gasteiger partial charge in [-0.1, -0.05) is 31.9 Å². The highest BCUT2D eigenvalue weighted by molar-refractivity contribution is 6.30. The smallest absolute Gasteiger partial charge is 0.0407 e. The molecule has 1 nitrogen and oxygen atoms in total. The number of nitrogens with one attached hydrogen (secondary N) is 1. The Hall–Kier alpha value is -0.690. The zero-order chi connectivity index (χ0) is 12.3. The predicted molar refractivity (Wildman–Crippen MR) is 75.7 cm³/mol. The van der Waals surface area contributed by atoms with Crippen molar-refractivity contribution in [1.82, 2.24) is 0 Å². The molecule has 94 valence electrons. The standard InChI is InChI=1S/C15H22ClN/c1-15(2)10-3-4-13(9-11-15)17-14-7-5-12(16)6-8-14/h5-8,13,17H,3-4,9-11H2,1-2H3. The minimum Gasteiger partial charge on any atom is -0.382 e. The summed E-state index contributed by atoms with van der Waals surface area (Å²) in [6.07, 6.45) is 6.56. The first-order chi connectivity index (χ1) is 8.05. The van der Waals surface area contributed by atoms with E-state index in [-0.39, 0.29) is 0 Å². The highest BCUT2D eigenvalue weighted by atomic mass is 35.5. The van der Waals surface area contributed by atoms with Gasteiger partial charge in [0.15, 0.2) is 0 Å². The fourth-order valence-electron chi connectivity index (χ4n) is 2.59. The molecule has 2 heteroatoms. The van der Waals surface area contributed by atoms with Gasteiger partial charge in [0.05, 0.1) is 0 Å². The SMILES string of the molecule is CC1(C)CCCC(Nc2ccc(Cl)cc2)CC1. The molecule has 1 atom stereocenters. The highest BCUT2D eigenvalue weighted by Gasteiger charge is 2.24. The molecule has 17 heavy (non-hydrogen) atoms. The van der Waals surface area contributed by atoms with Gasteiger partial charge >= 0.3 is 0 Å². The van der Waals surface area contributed by atoms with Gasteiger partial charge in [-0.25, -0.2) is 0 Å².